The Morgan fingerprint density at radius 3 is 2.78 bits per heavy atom. The van der Waals surface area contributed by atoms with Crippen molar-refractivity contribution in [3.05, 3.63) is 47.8 Å². The predicted molar refractivity (Wildman–Crippen MR) is 74.2 cm³/mol. The maximum absolute atomic E-state index is 13.1. The molecule has 0 atom stereocenters. The Kier molecular flexibility index (Phi) is 2.52. The lowest BCUT2D eigenvalue weighted by Crippen LogP contribution is -1.84. The fourth-order valence-electron chi connectivity index (χ4n) is 1.92. The summed E-state index contributed by atoms with van der Waals surface area (Å²) < 4.78 is 14.1. The number of halogens is 1. The minimum absolute atomic E-state index is 0.221. The van der Waals surface area contributed by atoms with Gasteiger partial charge in [0.15, 0.2) is 0 Å². The molecule has 4 heteroatoms. The van der Waals surface area contributed by atoms with Gasteiger partial charge in [-0.3, -0.25) is 0 Å². The summed E-state index contributed by atoms with van der Waals surface area (Å²) in [5.74, 6) is -0.221. The van der Waals surface area contributed by atoms with E-state index in [1.54, 1.807) is 17.4 Å². The highest BCUT2D eigenvalue weighted by Crippen LogP contribution is 2.33. The fraction of sp³-hybridized carbons (Fsp3) is 0.0714. The molecule has 0 bridgehead atoms. The molecule has 0 aliphatic carbocycles. The van der Waals surface area contributed by atoms with E-state index in [1.807, 2.05) is 25.1 Å². The van der Waals surface area contributed by atoms with Gasteiger partial charge in [0.2, 0.25) is 0 Å². The van der Waals surface area contributed by atoms with E-state index >= 15 is 0 Å². The van der Waals surface area contributed by atoms with E-state index in [0.717, 1.165) is 32.0 Å². The molecule has 2 N–H and O–H groups in total. The Morgan fingerprint density at radius 2 is 2.00 bits per heavy atom. The highest BCUT2D eigenvalue weighted by molar-refractivity contribution is 7.21. The van der Waals surface area contributed by atoms with Crippen molar-refractivity contribution in [2.75, 3.05) is 5.73 Å². The number of nitrogens with zero attached hydrogens (tertiary/aromatic N) is 1. The lowest BCUT2D eigenvalue weighted by atomic mass is 10.1. The molecule has 0 aliphatic rings. The first-order valence-electron chi connectivity index (χ1n) is 5.56. The summed E-state index contributed by atoms with van der Waals surface area (Å²) in [6, 6.07) is 10.4. The highest BCUT2D eigenvalue weighted by Gasteiger charge is 2.09. The molecule has 2 aromatic carbocycles. The average molecular weight is 258 g/mol. The number of nitrogens with two attached hydrogens (primary N) is 1. The summed E-state index contributed by atoms with van der Waals surface area (Å²) in [6.45, 7) is 1.89. The SMILES string of the molecule is Cc1cc(F)ccc1-c1nc2ccc(N)cc2s1. The van der Waals surface area contributed by atoms with Crippen LogP contribution in [0.5, 0.6) is 0 Å². The van der Waals surface area contributed by atoms with Crippen LogP contribution in [0, 0.1) is 12.7 Å². The van der Waals surface area contributed by atoms with Crippen LogP contribution in [0.25, 0.3) is 20.8 Å². The van der Waals surface area contributed by atoms with Crippen molar-refractivity contribution in [2.45, 2.75) is 6.92 Å². The minimum Gasteiger partial charge on any atom is -0.399 e. The topological polar surface area (TPSA) is 38.9 Å². The summed E-state index contributed by atoms with van der Waals surface area (Å²) >= 11 is 1.57. The molecule has 0 amide bonds. The Labute approximate surface area is 108 Å². The van der Waals surface area contributed by atoms with Crippen LogP contribution in [0.2, 0.25) is 0 Å². The first-order valence-corrected chi connectivity index (χ1v) is 6.38. The van der Waals surface area contributed by atoms with Gasteiger partial charge >= 0.3 is 0 Å². The van der Waals surface area contributed by atoms with Gasteiger partial charge < -0.3 is 5.73 Å². The first kappa shape index (κ1) is 11.2. The molecule has 0 unspecified atom stereocenters. The zero-order valence-electron chi connectivity index (χ0n) is 9.77. The molecule has 90 valence electrons. The van der Waals surface area contributed by atoms with Crippen LogP contribution < -0.4 is 5.73 Å². The number of rotatable bonds is 1. The van der Waals surface area contributed by atoms with Gasteiger partial charge in [0.1, 0.15) is 10.8 Å². The number of anilines is 1. The van der Waals surface area contributed by atoms with E-state index < -0.39 is 0 Å². The Hall–Kier alpha value is -1.94. The van der Waals surface area contributed by atoms with Crippen molar-refractivity contribution < 1.29 is 4.39 Å². The molecule has 0 radical (unpaired) electrons. The summed E-state index contributed by atoms with van der Waals surface area (Å²) in [6.07, 6.45) is 0. The van der Waals surface area contributed by atoms with E-state index in [1.165, 1.54) is 12.1 Å². The normalized spacial score (nSPS) is 11.0. The van der Waals surface area contributed by atoms with E-state index in [2.05, 4.69) is 4.98 Å². The third kappa shape index (κ3) is 1.84. The van der Waals surface area contributed by atoms with Crippen molar-refractivity contribution in [2.24, 2.45) is 0 Å². The van der Waals surface area contributed by atoms with Crippen LogP contribution in [0.1, 0.15) is 5.56 Å². The molecule has 0 spiro atoms. The summed E-state index contributed by atoms with van der Waals surface area (Å²) in [5, 5.41) is 0.896. The van der Waals surface area contributed by atoms with Gasteiger partial charge in [-0.05, 0) is 48.9 Å². The number of hydrogen-bond donors (Lipinski definition) is 1. The molecule has 1 aromatic heterocycles. The van der Waals surface area contributed by atoms with Gasteiger partial charge in [-0.2, -0.15) is 0 Å². The van der Waals surface area contributed by atoms with Gasteiger partial charge in [0.05, 0.1) is 10.2 Å². The molecular formula is C14H11FN2S. The van der Waals surface area contributed by atoms with Crippen LogP contribution in [0.15, 0.2) is 36.4 Å². The fourth-order valence-corrected chi connectivity index (χ4v) is 3.03. The number of thiazole rings is 1. The lowest BCUT2D eigenvalue weighted by Gasteiger charge is -2.01. The first-order chi connectivity index (χ1) is 8.63. The Bertz CT molecular complexity index is 734. The zero-order valence-corrected chi connectivity index (χ0v) is 10.6. The van der Waals surface area contributed by atoms with Crippen LogP contribution in [-0.2, 0) is 0 Å². The summed E-state index contributed by atoms with van der Waals surface area (Å²) in [5.41, 5.74) is 9.26. The molecule has 0 aliphatic heterocycles. The van der Waals surface area contributed by atoms with Gasteiger partial charge in [-0.25, -0.2) is 9.37 Å². The largest absolute Gasteiger partial charge is 0.399 e. The minimum atomic E-state index is -0.221. The third-order valence-corrected chi connectivity index (χ3v) is 3.88. The second kappa shape index (κ2) is 4.07. The Morgan fingerprint density at radius 1 is 1.17 bits per heavy atom. The number of hydrogen-bond acceptors (Lipinski definition) is 3. The number of aromatic nitrogens is 1. The van der Waals surface area contributed by atoms with Crippen molar-refractivity contribution in [3.8, 4) is 10.6 Å². The number of aryl methyl sites for hydroxylation is 1. The van der Waals surface area contributed by atoms with E-state index in [4.69, 9.17) is 5.73 Å². The molecule has 0 saturated carbocycles. The van der Waals surface area contributed by atoms with Crippen LogP contribution in [0.4, 0.5) is 10.1 Å². The van der Waals surface area contributed by atoms with Crippen LogP contribution >= 0.6 is 11.3 Å². The molecule has 18 heavy (non-hydrogen) atoms. The van der Waals surface area contributed by atoms with Crippen molar-refractivity contribution >= 4 is 27.2 Å². The monoisotopic (exact) mass is 258 g/mol. The maximum Gasteiger partial charge on any atom is 0.124 e. The van der Waals surface area contributed by atoms with Gasteiger partial charge in [0.25, 0.3) is 0 Å². The molecule has 3 aromatic rings. The molecule has 2 nitrogen and oxygen atoms in total. The number of nitrogen functional groups attached to an aromatic ring is 1. The lowest BCUT2D eigenvalue weighted by molar-refractivity contribution is 0.627. The smallest absolute Gasteiger partial charge is 0.124 e. The maximum atomic E-state index is 13.1. The second-order valence-electron chi connectivity index (χ2n) is 4.21. The van der Waals surface area contributed by atoms with Crippen LogP contribution in [-0.4, -0.2) is 4.98 Å². The standard InChI is InChI=1S/C14H11FN2S/c1-8-6-9(15)2-4-11(8)14-17-12-5-3-10(16)7-13(12)18-14/h2-7H,16H2,1H3. The predicted octanol–water partition coefficient (Wildman–Crippen LogP) is 3.99. The van der Waals surface area contributed by atoms with Crippen molar-refractivity contribution in [1.82, 2.24) is 4.98 Å². The second-order valence-corrected chi connectivity index (χ2v) is 5.24. The summed E-state index contributed by atoms with van der Waals surface area (Å²) in [4.78, 5) is 4.56. The molecule has 0 saturated heterocycles. The highest BCUT2D eigenvalue weighted by atomic mass is 32.1. The molecule has 3 rings (SSSR count). The average Bonchev–Trinajstić information content (AvgIpc) is 2.71. The third-order valence-electron chi connectivity index (χ3n) is 2.83. The van der Waals surface area contributed by atoms with Crippen LogP contribution in [0.3, 0.4) is 0 Å². The molecular weight excluding hydrogens is 247 g/mol. The van der Waals surface area contributed by atoms with Gasteiger partial charge in [0, 0.05) is 11.3 Å². The summed E-state index contributed by atoms with van der Waals surface area (Å²) in [7, 11) is 0. The van der Waals surface area contributed by atoms with Gasteiger partial charge in [-0.15, -0.1) is 11.3 Å². The van der Waals surface area contributed by atoms with E-state index in [0.29, 0.717) is 0 Å². The van der Waals surface area contributed by atoms with Crippen molar-refractivity contribution in [1.29, 1.82) is 0 Å². The number of fused-ring (bicyclic) bond motifs is 1. The Balaban J connectivity index is 2.19. The van der Waals surface area contributed by atoms with Gasteiger partial charge in [-0.1, -0.05) is 0 Å². The molecule has 0 fully saturated rings. The number of benzene rings is 2. The quantitative estimate of drug-likeness (QED) is 0.670. The zero-order chi connectivity index (χ0) is 12.7. The van der Waals surface area contributed by atoms with Crippen molar-refractivity contribution in [3.63, 3.8) is 0 Å². The van der Waals surface area contributed by atoms with E-state index in [9.17, 15) is 4.39 Å². The van der Waals surface area contributed by atoms with E-state index in [-0.39, 0.29) is 5.82 Å². The molecule has 1 heterocycles.